The van der Waals surface area contributed by atoms with E-state index < -0.39 is 11.3 Å². The molecule has 0 saturated heterocycles. The van der Waals surface area contributed by atoms with E-state index in [0.29, 0.717) is 17.8 Å². The topological polar surface area (TPSA) is 78.5 Å². The molecule has 30 heavy (non-hydrogen) atoms. The molecule has 2 aromatic rings. The molecule has 0 fully saturated rings. The molecule has 2 rings (SSSR count). The highest BCUT2D eigenvalue weighted by molar-refractivity contribution is 6.30. The third kappa shape index (κ3) is 7.52. The lowest BCUT2D eigenvalue weighted by Crippen LogP contribution is -2.44. The number of nitrogens with zero attached hydrogens (tertiary/aromatic N) is 1. The van der Waals surface area contributed by atoms with E-state index in [1.807, 2.05) is 44.2 Å². The number of anilines is 1. The number of amides is 3. The summed E-state index contributed by atoms with van der Waals surface area (Å²) < 4.78 is 0. The number of nitrogens with one attached hydrogen (secondary N) is 2. The Morgan fingerprint density at radius 3 is 2.30 bits per heavy atom. The molecule has 160 valence electrons. The van der Waals surface area contributed by atoms with E-state index in [-0.39, 0.29) is 24.9 Å². The molecule has 0 aliphatic heterocycles. The van der Waals surface area contributed by atoms with Crippen LogP contribution in [0.1, 0.15) is 36.3 Å². The Labute approximate surface area is 182 Å². The van der Waals surface area contributed by atoms with Gasteiger partial charge in [-0.3, -0.25) is 14.4 Å². The first-order valence-electron chi connectivity index (χ1n) is 10.0. The Morgan fingerprint density at radius 1 is 1.00 bits per heavy atom. The highest BCUT2D eigenvalue weighted by atomic mass is 35.5. The Balaban J connectivity index is 1.89. The molecule has 7 heteroatoms. The Bertz CT molecular complexity index is 841. The molecule has 0 saturated carbocycles. The van der Waals surface area contributed by atoms with Gasteiger partial charge in [0.25, 0.3) is 0 Å². The molecule has 3 amide bonds. The standard InChI is InChI=1S/C23H28ClN3O3/c1-3-4-14-27(23(30)22(24)18-8-6-5-7-9-18)16-21(29)25-15-20(28)26-19-12-10-17(2)11-13-19/h5-13,22H,3-4,14-16H2,1-2H3,(H,25,29)(H,26,28). The van der Waals surface area contributed by atoms with Gasteiger partial charge in [0.2, 0.25) is 17.7 Å². The maximum atomic E-state index is 12.8. The third-order valence-electron chi connectivity index (χ3n) is 4.52. The predicted octanol–water partition coefficient (Wildman–Crippen LogP) is 3.66. The molecule has 0 aliphatic carbocycles. The van der Waals surface area contributed by atoms with Crippen LogP contribution in [0.3, 0.4) is 0 Å². The number of carbonyl (C=O) groups is 3. The highest BCUT2D eigenvalue weighted by Gasteiger charge is 2.25. The number of hydrogen-bond donors (Lipinski definition) is 2. The van der Waals surface area contributed by atoms with Crippen molar-refractivity contribution in [1.29, 1.82) is 0 Å². The van der Waals surface area contributed by atoms with Crippen molar-refractivity contribution in [2.45, 2.75) is 32.1 Å². The molecule has 1 atom stereocenters. The average Bonchev–Trinajstić information content (AvgIpc) is 2.76. The van der Waals surface area contributed by atoms with Gasteiger partial charge in [0.1, 0.15) is 5.38 Å². The molecule has 0 heterocycles. The van der Waals surface area contributed by atoms with Crippen molar-refractivity contribution in [2.75, 3.05) is 25.0 Å². The van der Waals surface area contributed by atoms with Crippen LogP contribution in [-0.2, 0) is 14.4 Å². The number of rotatable bonds is 10. The number of halogens is 1. The van der Waals surface area contributed by atoms with Gasteiger partial charge in [-0.1, -0.05) is 61.4 Å². The summed E-state index contributed by atoms with van der Waals surface area (Å²) in [5.41, 5.74) is 2.43. The summed E-state index contributed by atoms with van der Waals surface area (Å²) in [5, 5.41) is 4.43. The molecule has 0 spiro atoms. The van der Waals surface area contributed by atoms with Crippen LogP contribution in [-0.4, -0.2) is 42.3 Å². The normalized spacial score (nSPS) is 11.4. The van der Waals surface area contributed by atoms with Crippen molar-refractivity contribution < 1.29 is 14.4 Å². The van der Waals surface area contributed by atoms with E-state index in [4.69, 9.17) is 11.6 Å². The molecule has 0 bridgehead atoms. The van der Waals surface area contributed by atoms with Crippen molar-refractivity contribution in [1.82, 2.24) is 10.2 Å². The number of unbranched alkanes of at least 4 members (excludes halogenated alkanes) is 1. The van der Waals surface area contributed by atoms with Crippen LogP contribution >= 0.6 is 11.6 Å². The molecule has 2 aromatic carbocycles. The maximum Gasteiger partial charge on any atom is 0.245 e. The Morgan fingerprint density at radius 2 is 1.67 bits per heavy atom. The van der Waals surface area contributed by atoms with Crippen LogP contribution in [0, 0.1) is 6.92 Å². The fraction of sp³-hybridized carbons (Fsp3) is 0.348. The van der Waals surface area contributed by atoms with E-state index in [9.17, 15) is 14.4 Å². The number of aryl methyl sites for hydroxylation is 1. The average molecular weight is 430 g/mol. The van der Waals surface area contributed by atoms with Crippen LogP contribution in [0.25, 0.3) is 0 Å². The van der Waals surface area contributed by atoms with Gasteiger partial charge in [-0.05, 0) is 31.0 Å². The summed E-state index contributed by atoms with van der Waals surface area (Å²) in [6, 6.07) is 16.4. The molecule has 2 N–H and O–H groups in total. The van der Waals surface area contributed by atoms with E-state index in [1.54, 1.807) is 24.3 Å². The second-order valence-corrected chi connectivity index (χ2v) is 7.51. The van der Waals surface area contributed by atoms with Crippen molar-refractivity contribution in [2.24, 2.45) is 0 Å². The van der Waals surface area contributed by atoms with Crippen LogP contribution in [0.5, 0.6) is 0 Å². The van der Waals surface area contributed by atoms with Gasteiger partial charge < -0.3 is 15.5 Å². The largest absolute Gasteiger partial charge is 0.345 e. The zero-order valence-electron chi connectivity index (χ0n) is 17.4. The summed E-state index contributed by atoms with van der Waals surface area (Å²) in [7, 11) is 0. The lowest BCUT2D eigenvalue weighted by atomic mass is 10.1. The van der Waals surface area contributed by atoms with Gasteiger partial charge in [-0.2, -0.15) is 0 Å². The maximum absolute atomic E-state index is 12.8. The minimum Gasteiger partial charge on any atom is -0.345 e. The van der Waals surface area contributed by atoms with Gasteiger partial charge in [0.15, 0.2) is 0 Å². The Hall–Kier alpha value is -2.86. The first-order chi connectivity index (χ1) is 14.4. The van der Waals surface area contributed by atoms with Crippen LogP contribution < -0.4 is 10.6 Å². The minimum atomic E-state index is -0.860. The third-order valence-corrected chi connectivity index (χ3v) is 4.96. The number of benzene rings is 2. The first kappa shape index (κ1) is 23.4. The van der Waals surface area contributed by atoms with Crippen molar-refractivity contribution in [3.63, 3.8) is 0 Å². The van der Waals surface area contributed by atoms with Gasteiger partial charge >= 0.3 is 0 Å². The van der Waals surface area contributed by atoms with Crippen LogP contribution in [0.4, 0.5) is 5.69 Å². The second kappa shape index (κ2) is 12.0. The monoisotopic (exact) mass is 429 g/mol. The van der Waals surface area contributed by atoms with Crippen LogP contribution in [0.2, 0.25) is 0 Å². The number of carbonyl (C=O) groups excluding carboxylic acids is 3. The highest BCUT2D eigenvalue weighted by Crippen LogP contribution is 2.23. The van der Waals surface area contributed by atoms with E-state index >= 15 is 0 Å². The minimum absolute atomic E-state index is 0.146. The first-order valence-corrected chi connectivity index (χ1v) is 10.5. The zero-order chi connectivity index (χ0) is 21.9. The molecule has 6 nitrogen and oxygen atoms in total. The van der Waals surface area contributed by atoms with E-state index in [1.165, 1.54) is 4.90 Å². The summed E-state index contributed by atoms with van der Waals surface area (Å²) in [4.78, 5) is 38.7. The van der Waals surface area contributed by atoms with E-state index in [0.717, 1.165) is 18.4 Å². The zero-order valence-corrected chi connectivity index (χ0v) is 18.1. The molecular weight excluding hydrogens is 402 g/mol. The summed E-state index contributed by atoms with van der Waals surface area (Å²) in [6.45, 7) is 4.07. The SMILES string of the molecule is CCCCN(CC(=O)NCC(=O)Nc1ccc(C)cc1)C(=O)C(Cl)c1ccccc1. The fourth-order valence-electron chi connectivity index (χ4n) is 2.79. The quantitative estimate of drug-likeness (QED) is 0.566. The molecule has 0 radical (unpaired) electrons. The van der Waals surface area contributed by atoms with Crippen molar-refractivity contribution in [3.8, 4) is 0 Å². The van der Waals surface area contributed by atoms with Gasteiger partial charge in [0, 0.05) is 12.2 Å². The summed E-state index contributed by atoms with van der Waals surface area (Å²) in [6.07, 6.45) is 1.63. The molecule has 1 unspecified atom stereocenters. The van der Waals surface area contributed by atoms with Gasteiger partial charge in [-0.15, -0.1) is 11.6 Å². The van der Waals surface area contributed by atoms with Crippen molar-refractivity contribution >= 4 is 35.0 Å². The Kier molecular flexibility index (Phi) is 9.35. The second-order valence-electron chi connectivity index (χ2n) is 7.08. The van der Waals surface area contributed by atoms with Gasteiger partial charge in [0.05, 0.1) is 13.1 Å². The lowest BCUT2D eigenvalue weighted by molar-refractivity contribution is -0.136. The van der Waals surface area contributed by atoms with Crippen LogP contribution in [0.15, 0.2) is 54.6 Å². The number of alkyl halides is 1. The molecule has 0 aliphatic rings. The number of hydrogen-bond acceptors (Lipinski definition) is 3. The fourth-order valence-corrected chi connectivity index (χ4v) is 3.07. The molecular formula is C23H28ClN3O3. The summed E-state index contributed by atoms with van der Waals surface area (Å²) >= 11 is 6.36. The van der Waals surface area contributed by atoms with Gasteiger partial charge in [-0.25, -0.2) is 0 Å². The summed E-state index contributed by atoms with van der Waals surface area (Å²) in [5.74, 6) is -1.07. The van der Waals surface area contributed by atoms with E-state index in [2.05, 4.69) is 10.6 Å². The predicted molar refractivity (Wildman–Crippen MR) is 119 cm³/mol. The molecule has 0 aromatic heterocycles. The smallest absolute Gasteiger partial charge is 0.245 e. The lowest BCUT2D eigenvalue weighted by Gasteiger charge is -2.24. The van der Waals surface area contributed by atoms with Crippen molar-refractivity contribution in [3.05, 3.63) is 65.7 Å².